The average molecular weight is 439 g/mol. The lowest BCUT2D eigenvalue weighted by molar-refractivity contribution is -0.121. The maximum atomic E-state index is 12.1. The molecule has 0 aliphatic rings. The number of amides is 1. The summed E-state index contributed by atoms with van der Waals surface area (Å²) in [4.78, 5) is 12.1. The van der Waals surface area contributed by atoms with E-state index in [4.69, 9.17) is 16.3 Å². The number of methoxy groups -OCH3 is 1. The van der Waals surface area contributed by atoms with Gasteiger partial charge in [-0.05, 0) is 55.2 Å². The quantitative estimate of drug-likeness (QED) is 0.543. The van der Waals surface area contributed by atoms with Crippen LogP contribution >= 0.6 is 11.6 Å². The molecule has 2 aromatic rings. The van der Waals surface area contributed by atoms with Crippen molar-refractivity contribution < 1.29 is 17.9 Å². The number of benzene rings is 2. The summed E-state index contributed by atoms with van der Waals surface area (Å²) in [5.41, 5.74) is 1.64. The molecule has 29 heavy (non-hydrogen) atoms. The molecule has 0 heterocycles. The van der Waals surface area contributed by atoms with Gasteiger partial charge in [0, 0.05) is 24.5 Å². The molecule has 0 radical (unpaired) electrons. The van der Waals surface area contributed by atoms with Crippen LogP contribution in [-0.4, -0.2) is 40.8 Å². The molecule has 1 amide bonds. The summed E-state index contributed by atoms with van der Waals surface area (Å²) in [6.45, 7) is 0.791. The van der Waals surface area contributed by atoms with E-state index in [1.165, 1.54) is 4.31 Å². The summed E-state index contributed by atoms with van der Waals surface area (Å²) in [7, 11) is -1.80. The number of halogens is 1. The maximum Gasteiger partial charge on any atom is 0.232 e. The van der Waals surface area contributed by atoms with Gasteiger partial charge in [0.15, 0.2) is 0 Å². The summed E-state index contributed by atoms with van der Waals surface area (Å²) in [5, 5.41) is 3.42. The molecular formula is C21H27ClN2O4S. The summed E-state index contributed by atoms with van der Waals surface area (Å²) in [6, 6.07) is 14.4. The van der Waals surface area contributed by atoms with Gasteiger partial charge in [0.05, 0.1) is 19.1 Å². The van der Waals surface area contributed by atoms with Crippen molar-refractivity contribution >= 4 is 33.2 Å². The fourth-order valence-corrected chi connectivity index (χ4v) is 4.07. The minimum atomic E-state index is -3.44. The Morgan fingerprint density at radius 2 is 1.79 bits per heavy atom. The molecule has 8 heteroatoms. The Hall–Kier alpha value is -2.25. The minimum absolute atomic E-state index is 0.0883. The van der Waals surface area contributed by atoms with E-state index >= 15 is 0 Å². The number of aryl methyl sites for hydroxylation is 1. The van der Waals surface area contributed by atoms with Crippen LogP contribution in [0.5, 0.6) is 5.75 Å². The minimum Gasteiger partial charge on any atom is -0.496 e. The topological polar surface area (TPSA) is 75.7 Å². The molecule has 0 saturated heterocycles. The van der Waals surface area contributed by atoms with Crippen LogP contribution in [0.25, 0.3) is 0 Å². The summed E-state index contributed by atoms with van der Waals surface area (Å²) in [6.07, 6.45) is 3.44. The van der Waals surface area contributed by atoms with Crippen molar-refractivity contribution in [3.05, 3.63) is 59.1 Å². The molecule has 0 aliphatic heterocycles. The lowest BCUT2D eigenvalue weighted by atomic mass is 10.1. The van der Waals surface area contributed by atoms with E-state index in [1.54, 1.807) is 31.4 Å². The van der Waals surface area contributed by atoms with Crippen LogP contribution in [0.1, 0.15) is 24.8 Å². The Bertz CT molecular complexity index is 901. The van der Waals surface area contributed by atoms with Gasteiger partial charge in [-0.15, -0.1) is 0 Å². The number of nitrogens with one attached hydrogen (secondary N) is 1. The third-order valence-corrected chi connectivity index (χ3v) is 5.86. The largest absolute Gasteiger partial charge is 0.496 e. The fourth-order valence-electron chi connectivity index (χ4n) is 2.98. The van der Waals surface area contributed by atoms with Gasteiger partial charge in [-0.25, -0.2) is 8.42 Å². The van der Waals surface area contributed by atoms with Crippen LogP contribution in [0.4, 0.5) is 5.69 Å². The van der Waals surface area contributed by atoms with E-state index in [1.807, 2.05) is 24.3 Å². The first-order valence-corrected chi connectivity index (χ1v) is 11.7. The highest BCUT2D eigenvalue weighted by atomic mass is 35.5. The molecule has 0 saturated carbocycles. The standard InChI is InChI=1S/C21H27ClN2O4S/c1-28-20-9-4-3-7-17(20)8-5-15-23-21(25)10-6-16-24(29(2,26)27)19-13-11-18(22)12-14-19/h3-4,7,9,11-14H,5-6,8,10,15-16H2,1-2H3,(H,23,25). The van der Waals surface area contributed by atoms with Crippen molar-refractivity contribution in [1.29, 1.82) is 0 Å². The second kappa shape index (κ2) is 11.1. The van der Waals surface area contributed by atoms with E-state index in [0.717, 1.165) is 30.4 Å². The van der Waals surface area contributed by atoms with Crippen LogP contribution in [0, 0.1) is 0 Å². The SMILES string of the molecule is COc1ccccc1CCCNC(=O)CCCN(c1ccc(Cl)cc1)S(C)(=O)=O. The number of sulfonamides is 1. The smallest absolute Gasteiger partial charge is 0.232 e. The first kappa shape index (κ1) is 23.0. The first-order valence-electron chi connectivity index (χ1n) is 9.43. The van der Waals surface area contributed by atoms with Crippen molar-refractivity contribution in [2.75, 3.05) is 30.8 Å². The number of ether oxygens (including phenoxy) is 1. The molecule has 0 bridgehead atoms. The number of anilines is 1. The normalized spacial score (nSPS) is 11.1. The zero-order valence-corrected chi connectivity index (χ0v) is 18.3. The molecule has 6 nitrogen and oxygen atoms in total. The second-order valence-corrected chi connectivity index (χ2v) is 9.02. The number of carbonyl (C=O) groups is 1. The highest BCUT2D eigenvalue weighted by Crippen LogP contribution is 2.21. The van der Waals surface area contributed by atoms with E-state index in [0.29, 0.717) is 23.7 Å². The van der Waals surface area contributed by atoms with Gasteiger partial charge >= 0.3 is 0 Å². The Kier molecular flexibility index (Phi) is 8.79. The average Bonchev–Trinajstić information content (AvgIpc) is 2.69. The van der Waals surface area contributed by atoms with E-state index in [9.17, 15) is 13.2 Å². The third kappa shape index (κ3) is 7.59. The number of para-hydroxylation sites is 1. The third-order valence-electron chi connectivity index (χ3n) is 4.42. The number of nitrogens with zero attached hydrogens (tertiary/aromatic N) is 1. The zero-order chi connectivity index (χ0) is 21.3. The van der Waals surface area contributed by atoms with Crippen molar-refractivity contribution in [1.82, 2.24) is 5.32 Å². The van der Waals surface area contributed by atoms with Crippen molar-refractivity contribution in [2.45, 2.75) is 25.7 Å². The Balaban J connectivity index is 1.75. The van der Waals surface area contributed by atoms with Crippen LogP contribution < -0.4 is 14.4 Å². The molecule has 0 fully saturated rings. The molecule has 2 rings (SSSR count). The molecule has 0 spiro atoms. The molecular weight excluding hydrogens is 412 g/mol. The first-order chi connectivity index (χ1) is 13.8. The van der Waals surface area contributed by atoms with Gasteiger partial charge < -0.3 is 10.1 Å². The van der Waals surface area contributed by atoms with Crippen LogP contribution in [0.15, 0.2) is 48.5 Å². The molecule has 0 aliphatic carbocycles. The van der Waals surface area contributed by atoms with Crippen LogP contribution in [0.2, 0.25) is 5.02 Å². The predicted molar refractivity (Wildman–Crippen MR) is 117 cm³/mol. The van der Waals surface area contributed by atoms with Crippen molar-refractivity contribution in [3.63, 3.8) is 0 Å². The molecule has 158 valence electrons. The second-order valence-electron chi connectivity index (χ2n) is 6.68. The van der Waals surface area contributed by atoms with E-state index < -0.39 is 10.0 Å². The predicted octanol–water partition coefficient (Wildman–Crippen LogP) is 3.64. The van der Waals surface area contributed by atoms with E-state index in [-0.39, 0.29) is 18.9 Å². The highest BCUT2D eigenvalue weighted by molar-refractivity contribution is 7.92. The molecule has 0 atom stereocenters. The summed E-state index contributed by atoms with van der Waals surface area (Å²) < 4.78 is 30.8. The van der Waals surface area contributed by atoms with Gasteiger partial charge in [-0.3, -0.25) is 9.10 Å². The van der Waals surface area contributed by atoms with Gasteiger partial charge in [-0.2, -0.15) is 0 Å². The van der Waals surface area contributed by atoms with E-state index in [2.05, 4.69) is 5.32 Å². The monoisotopic (exact) mass is 438 g/mol. The van der Waals surface area contributed by atoms with Crippen molar-refractivity contribution in [3.8, 4) is 5.75 Å². The molecule has 0 unspecified atom stereocenters. The van der Waals surface area contributed by atoms with Gasteiger partial charge in [0.2, 0.25) is 15.9 Å². The number of hydrogen-bond donors (Lipinski definition) is 1. The van der Waals surface area contributed by atoms with Gasteiger partial charge in [0.1, 0.15) is 5.75 Å². The van der Waals surface area contributed by atoms with Gasteiger partial charge in [0.25, 0.3) is 0 Å². The van der Waals surface area contributed by atoms with Crippen LogP contribution in [0.3, 0.4) is 0 Å². The highest BCUT2D eigenvalue weighted by Gasteiger charge is 2.17. The Morgan fingerprint density at radius 1 is 1.10 bits per heavy atom. The Morgan fingerprint density at radius 3 is 2.45 bits per heavy atom. The lowest BCUT2D eigenvalue weighted by Crippen LogP contribution is -2.32. The number of hydrogen-bond acceptors (Lipinski definition) is 4. The maximum absolute atomic E-state index is 12.1. The van der Waals surface area contributed by atoms with Gasteiger partial charge in [-0.1, -0.05) is 29.8 Å². The summed E-state index contributed by atoms with van der Waals surface area (Å²) >= 11 is 5.87. The zero-order valence-electron chi connectivity index (χ0n) is 16.7. The molecule has 1 N–H and O–H groups in total. The van der Waals surface area contributed by atoms with Crippen molar-refractivity contribution in [2.24, 2.45) is 0 Å². The van der Waals surface area contributed by atoms with Crippen LogP contribution in [-0.2, 0) is 21.2 Å². The number of carbonyl (C=O) groups excluding carboxylic acids is 1. The lowest BCUT2D eigenvalue weighted by Gasteiger charge is -2.22. The molecule has 2 aromatic carbocycles. The Labute approximate surface area is 177 Å². The molecule has 0 aromatic heterocycles. The number of rotatable bonds is 11. The fraction of sp³-hybridized carbons (Fsp3) is 0.381. The summed E-state index contributed by atoms with van der Waals surface area (Å²) in [5.74, 6) is 0.761.